The highest BCUT2D eigenvalue weighted by Gasteiger charge is 2.26. The first-order valence-electron chi connectivity index (χ1n) is 15.5. The van der Waals surface area contributed by atoms with E-state index in [1.807, 2.05) is 27.7 Å². The largest absolute Gasteiger partial charge is 0.490 e. The molecule has 1 unspecified atom stereocenters. The molecule has 0 fully saturated rings. The van der Waals surface area contributed by atoms with Crippen LogP contribution in [0.3, 0.4) is 0 Å². The Morgan fingerprint density at radius 2 is 1.11 bits per heavy atom. The Morgan fingerprint density at radius 3 is 1.58 bits per heavy atom. The zero-order valence-electron chi connectivity index (χ0n) is 27.7. The van der Waals surface area contributed by atoms with Crippen LogP contribution in [0, 0.1) is 27.7 Å². The lowest BCUT2D eigenvalue weighted by molar-refractivity contribution is 0.106. The van der Waals surface area contributed by atoms with E-state index in [2.05, 4.69) is 93.5 Å². The van der Waals surface area contributed by atoms with Crippen molar-refractivity contribution in [3.63, 3.8) is 0 Å². The van der Waals surface area contributed by atoms with Crippen molar-refractivity contribution in [1.82, 2.24) is 0 Å². The molecule has 2 nitrogen and oxygen atoms in total. The molecule has 0 bridgehead atoms. The highest BCUT2D eigenvalue weighted by Crippen LogP contribution is 2.37. The van der Waals surface area contributed by atoms with Crippen LogP contribution in [0.15, 0.2) is 24.3 Å². The minimum atomic E-state index is -0.437. The van der Waals surface area contributed by atoms with Crippen LogP contribution in [0.1, 0.15) is 153 Å². The summed E-state index contributed by atoms with van der Waals surface area (Å²) in [5.74, 6) is 2.59. The van der Waals surface area contributed by atoms with Gasteiger partial charge in [0.25, 0.3) is 0 Å². The Labute approximate surface area is 237 Å². The topological polar surface area (TPSA) is 18.5 Å². The SMILES string of the molecule is CC.CC.CCCCCCCCC(C)c1cc(C)c(OC(C)(C)c2cc(C)c(OC(C)C)c(C)c2)c(C)c1. The molecule has 218 valence electrons. The predicted molar refractivity (Wildman–Crippen MR) is 170 cm³/mol. The Morgan fingerprint density at radius 1 is 0.658 bits per heavy atom. The van der Waals surface area contributed by atoms with Gasteiger partial charge in [-0.15, -0.1) is 0 Å². The lowest BCUT2D eigenvalue weighted by Gasteiger charge is -2.31. The van der Waals surface area contributed by atoms with Crippen LogP contribution >= 0.6 is 0 Å². The van der Waals surface area contributed by atoms with Crippen LogP contribution in [0.25, 0.3) is 0 Å². The molecule has 0 radical (unpaired) electrons. The van der Waals surface area contributed by atoms with Crippen molar-refractivity contribution in [2.75, 3.05) is 0 Å². The second-order valence-electron chi connectivity index (χ2n) is 11.2. The maximum Gasteiger partial charge on any atom is 0.128 e. The summed E-state index contributed by atoms with van der Waals surface area (Å²) in [6, 6.07) is 9.12. The van der Waals surface area contributed by atoms with Gasteiger partial charge in [-0.3, -0.25) is 0 Å². The zero-order chi connectivity index (χ0) is 29.5. The van der Waals surface area contributed by atoms with E-state index in [4.69, 9.17) is 9.47 Å². The van der Waals surface area contributed by atoms with Crippen LogP contribution < -0.4 is 9.47 Å². The van der Waals surface area contributed by atoms with E-state index >= 15 is 0 Å². The Bertz CT molecular complexity index is 877. The van der Waals surface area contributed by atoms with Gasteiger partial charge in [-0.2, -0.15) is 0 Å². The van der Waals surface area contributed by atoms with Crippen molar-refractivity contribution in [1.29, 1.82) is 0 Å². The first-order chi connectivity index (χ1) is 18.0. The number of rotatable bonds is 13. The first-order valence-corrected chi connectivity index (χ1v) is 15.5. The maximum atomic E-state index is 6.71. The molecule has 2 aromatic carbocycles. The molecule has 0 spiro atoms. The van der Waals surface area contributed by atoms with E-state index in [1.54, 1.807) is 0 Å². The molecule has 0 aliphatic heterocycles. The monoisotopic (exact) mass is 526 g/mol. The van der Waals surface area contributed by atoms with Crippen LogP contribution in [-0.2, 0) is 5.60 Å². The number of hydrogen-bond acceptors (Lipinski definition) is 2. The summed E-state index contributed by atoms with van der Waals surface area (Å²) >= 11 is 0. The van der Waals surface area contributed by atoms with Gasteiger partial charge in [0.2, 0.25) is 0 Å². The Balaban J connectivity index is 0.00000326. The fourth-order valence-corrected chi connectivity index (χ4v) is 4.86. The van der Waals surface area contributed by atoms with Gasteiger partial charge < -0.3 is 9.47 Å². The van der Waals surface area contributed by atoms with Crippen molar-refractivity contribution in [3.8, 4) is 11.5 Å². The van der Waals surface area contributed by atoms with Crippen LogP contribution in [0.2, 0.25) is 0 Å². The summed E-state index contributed by atoms with van der Waals surface area (Å²) in [6.45, 7) is 29.8. The number of unbranched alkanes of at least 4 members (excludes halogenated alkanes) is 5. The summed E-state index contributed by atoms with van der Waals surface area (Å²) in [4.78, 5) is 0. The van der Waals surface area contributed by atoms with Crippen molar-refractivity contribution in [2.24, 2.45) is 0 Å². The third kappa shape index (κ3) is 11.4. The zero-order valence-corrected chi connectivity index (χ0v) is 27.7. The minimum Gasteiger partial charge on any atom is -0.490 e. The number of aryl methyl sites for hydroxylation is 4. The molecule has 38 heavy (non-hydrogen) atoms. The molecule has 0 saturated heterocycles. The van der Waals surface area contributed by atoms with Crippen molar-refractivity contribution in [3.05, 3.63) is 57.6 Å². The lowest BCUT2D eigenvalue weighted by Crippen LogP contribution is -2.26. The molecule has 0 aromatic heterocycles. The van der Waals surface area contributed by atoms with E-state index in [1.165, 1.54) is 67.2 Å². The summed E-state index contributed by atoms with van der Waals surface area (Å²) in [5, 5.41) is 0. The fourth-order valence-electron chi connectivity index (χ4n) is 4.86. The first kappa shape index (κ1) is 36.0. The molecular weight excluding hydrogens is 464 g/mol. The molecule has 1 atom stereocenters. The second-order valence-corrected chi connectivity index (χ2v) is 11.2. The standard InChI is InChI=1S/C32H50O2.2C2H6/c1-11-12-13-14-15-16-17-23(4)28-18-24(5)31(25(6)19-28)34-32(9,10)29-20-26(7)30(27(8)21-29)33-22(2)3;2*1-2/h18-23H,11-17H2,1-10H3;2*1-2H3. The summed E-state index contributed by atoms with van der Waals surface area (Å²) in [7, 11) is 0. The highest BCUT2D eigenvalue weighted by molar-refractivity contribution is 5.47. The molecule has 0 amide bonds. The molecule has 2 heteroatoms. The summed E-state index contributed by atoms with van der Waals surface area (Å²) < 4.78 is 12.8. The van der Waals surface area contributed by atoms with Crippen LogP contribution in [0.4, 0.5) is 0 Å². The quantitative estimate of drug-likeness (QED) is 0.242. The number of hydrogen-bond donors (Lipinski definition) is 0. The predicted octanol–water partition coefficient (Wildman–Crippen LogP) is 11.9. The van der Waals surface area contributed by atoms with Gasteiger partial charge in [-0.1, -0.05) is 92.2 Å². The Hall–Kier alpha value is -1.96. The number of ether oxygens (including phenoxy) is 2. The maximum absolute atomic E-state index is 6.71. The highest BCUT2D eigenvalue weighted by atomic mass is 16.5. The van der Waals surface area contributed by atoms with Gasteiger partial charge in [-0.25, -0.2) is 0 Å². The van der Waals surface area contributed by atoms with Crippen LogP contribution in [-0.4, -0.2) is 6.10 Å². The Kier molecular flexibility index (Phi) is 17.4. The third-order valence-electron chi connectivity index (χ3n) is 6.91. The van der Waals surface area contributed by atoms with Gasteiger partial charge in [0.15, 0.2) is 0 Å². The van der Waals surface area contributed by atoms with Gasteiger partial charge in [-0.05, 0) is 113 Å². The van der Waals surface area contributed by atoms with E-state index in [-0.39, 0.29) is 6.10 Å². The van der Waals surface area contributed by atoms with Gasteiger partial charge in [0.05, 0.1) is 6.10 Å². The van der Waals surface area contributed by atoms with Gasteiger partial charge in [0.1, 0.15) is 17.1 Å². The molecular formula is C36H62O2. The average molecular weight is 527 g/mol. The molecule has 0 heterocycles. The van der Waals surface area contributed by atoms with E-state index in [9.17, 15) is 0 Å². The molecule has 0 aliphatic carbocycles. The molecule has 0 aliphatic rings. The van der Waals surface area contributed by atoms with Crippen LogP contribution in [0.5, 0.6) is 11.5 Å². The molecule has 2 rings (SSSR count). The van der Waals surface area contributed by atoms with Crippen molar-refractivity contribution in [2.45, 2.75) is 160 Å². The van der Waals surface area contributed by atoms with E-state index in [0.717, 1.165) is 22.6 Å². The fraction of sp³-hybridized carbons (Fsp3) is 0.667. The summed E-state index contributed by atoms with van der Waals surface area (Å²) in [6.07, 6.45) is 9.57. The minimum absolute atomic E-state index is 0.166. The molecule has 0 N–H and O–H groups in total. The molecule has 0 saturated carbocycles. The average Bonchev–Trinajstić information content (AvgIpc) is 2.87. The normalized spacial score (nSPS) is 11.8. The van der Waals surface area contributed by atoms with E-state index < -0.39 is 5.60 Å². The van der Waals surface area contributed by atoms with Gasteiger partial charge >= 0.3 is 0 Å². The lowest BCUT2D eigenvalue weighted by atomic mass is 9.91. The summed E-state index contributed by atoms with van der Waals surface area (Å²) in [5.41, 5.74) is 6.96. The number of benzene rings is 2. The smallest absolute Gasteiger partial charge is 0.128 e. The van der Waals surface area contributed by atoms with Gasteiger partial charge in [0, 0.05) is 0 Å². The van der Waals surface area contributed by atoms with E-state index in [0.29, 0.717) is 5.92 Å². The third-order valence-corrected chi connectivity index (χ3v) is 6.91. The second kappa shape index (κ2) is 18.3. The van der Waals surface area contributed by atoms with Crippen molar-refractivity contribution < 1.29 is 9.47 Å². The van der Waals surface area contributed by atoms with Crippen molar-refractivity contribution >= 4 is 0 Å². The molecule has 2 aromatic rings.